The number of alkyl halides is 6. The molecule has 8 heteroatoms. The second-order valence-electron chi connectivity index (χ2n) is 3.76. The summed E-state index contributed by atoms with van der Waals surface area (Å²) in [5.41, 5.74) is 0.538. The monoisotopic (exact) mass is 288 g/mol. The normalized spacial score (nSPS) is 12.4. The SMILES string of the molecule is Cc1ccc(OCC(F)(F)F)c(OCC(F)(F)F)c1. The van der Waals surface area contributed by atoms with Gasteiger partial charge in [-0.3, -0.25) is 0 Å². The minimum atomic E-state index is -4.58. The second kappa shape index (κ2) is 5.58. The fraction of sp³-hybridized carbons (Fsp3) is 0.455. The number of hydrogen-bond donors (Lipinski definition) is 0. The summed E-state index contributed by atoms with van der Waals surface area (Å²) in [4.78, 5) is 0. The van der Waals surface area contributed by atoms with E-state index in [1.807, 2.05) is 0 Å². The van der Waals surface area contributed by atoms with Crippen molar-refractivity contribution < 1.29 is 35.8 Å². The van der Waals surface area contributed by atoms with Crippen molar-refractivity contribution in [1.29, 1.82) is 0 Å². The van der Waals surface area contributed by atoms with Gasteiger partial charge in [-0.05, 0) is 24.6 Å². The molecule has 0 aromatic heterocycles. The van der Waals surface area contributed by atoms with E-state index in [9.17, 15) is 26.3 Å². The van der Waals surface area contributed by atoms with Crippen LogP contribution in [-0.4, -0.2) is 25.6 Å². The third-order valence-corrected chi connectivity index (χ3v) is 1.88. The molecule has 0 N–H and O–H groups in total. The number of halogens is 6. The average molecular weight is 288 g/mol. The Labute approximate surface area is 104 Å². The van der Waals surface area contributed by atoms with E-state index in [2.05, 4.69) is 9.47 Å². The van der Waals surface area contributed by atoms with Gasteiger partial charge in [0.25, 0.3) is 0 Å². The zero-order valence-electron chi connectivity index (χ0n) is 9.73. The minimum Gasteiger partial charge on any atom is -0.480 e. The van der Waals surface area contributed by atoms with Crippen LogP contribution in [0.5, 0.6) is 11.5 Å². The summed E-state index contributed by atoms with van der Waals surface area (Å²) in [5, 5.41) is 0. The maximum atomic E-state index is 12.0. The molecule has 1 rings (SSSR count). The Morgan fingerprint density at radius 3 is 1.79 bits per heavy atom. The lowest BCUT2D eigenvalue weighted by atomic mass is 10.2. The first-order valence-electron chi connectivity index (χ1n) is 5.06. The molecule has 0 saturated heterocycles. The van der Waals surface area contributed by atoms with Crippen LogP contribution >= 0.6 is 0 Å². The maximum Gasteiger partial charge on any atom is 0.422 e. The maximum absolute atomic E-state index is 12.0. The van der Waals surface area contributed by atoms with Crippen molar-refractivity contribution in [2.75, 3.05) is 13.2 Å². The van der Waals surface area contributed by atoms with Crippen molar-refractivity contribution in [2.45, 2.75) is 19.3 Å². The first-order chi connectivity index (χ1) is 8.57. The smallest absolute Gasteiger partial charge is 0.422 e. The van der Waals surface area contributed by atoms with Gasteiger partial charge in [0.1, 0.15) is 0 Å². The highest BCUT2D eigenvalue weighted by atomic mass is 19.4. The van der Waals surface area contributed by atoms with Crippen LogP contribution < -0.4 is 9.47 Å². The molecule has 1 aromatic rings. The molecule has 1 aromatic carbocycles. The van der Waals surface area contributed by atoms with Gasteiger partial charge in [-0.25, -0.2) is 0 Å². The van der Waals surface area contributed by atoms with Crippen LogP contribution in [0.25, 0.3) is 0 Å². The fourth-order valence-corrected chi connectivity index (χ4v) is 1.17. The van der Waals surface area contributed by atoms with E-state index in [1.54, 1.807) is 6.92 Å². The molecule has 0 spiro atoms. The highest BCUT2D eigenvalue weighted by Gasteiger charge is 2.31. The molecule has 0 bridgehead atoms. The Bertz CT molecular complexity index is 424. The Kier molecular flexibility index (Phi) is 4.54. The van der Waals surface area contributed by atoms with Crippen molar-refractivity contribution in [3.8, 4) is 11.5 Å². The van der Waals surface area contributed by atoms with E-state index in [1.165, 1.54) is 12.1 Å². The Morgan fingerprint density at radius 2 is 1.32 bits per heavy atom. The summed E-state index contributed by atoms with van der Waals surface area (Å²) in [5.74, 6) is -0.756. The largest absolute Gasteiger partial charge is 0.480 e. The fourth-order valence-electron chi connectivity index (χ4n) is 1.17. The molecule has 0 atom stereocenters. The van der Waals surface area contributed by atoms with Crippen LogP contribution in [0.15, 0.2) is 18.2 Å². The molecule has 19 heavy (non-hydrogen) atoms. The molecule has 0 heterocycles. The number of aryl methyl sites for hydroxylation is 1. The van der Waals surface area contributed by atoms with Crippen LogP contribution in [0.3, 0.4) is 0 Å². The summed E-state index contributed by atoms with van der Waals surface area (Å²) in [6.07, 6.45) is -9.16. The van der Waals surface area contributed by atoms with Crippen molar-refractivity contribution in [2.24, 2.45) is 0 Å². The summed E-state index contributed by atoms with van der Waals surface area (Å²) in [6, 6.07) is 3.72. The molecular weight excluding hydrogens is 278 g/mol. The zero-order chi connectivity index (χ0) is 14.7. The molecule has 0 radical (unpaired) electrons. The average Bonchev–Trinajstić information content (AvgIpc) is 2.22. The predicted octanol–water partition coefficient (Wildman–Crippen LogP) is 3.88. The van der Waals surface area contributed by atoms with Gasteiger partial charge in [-0.1, -0.05) is 6.07 Å². The van der Waals surface area contributed by atoms with Gasteiger partial charge in [-0.15, -0.1) is 0 Å². The van der Waals surface area contributed by atoms with E-state index >= 15 is 0 Å². The quantitative estimate of drug-likeness (QED) is 0.783. The predicted molar refractivity (Wildman–Crippen MR) is 54.3 cm³/mol. The molecule has 2 nitrogen and oxygen atoms in total. The second-order valence-corrected chi connectivity index (χ2v) is 3.76. The molecule has 0 saturated carbocycles. The van der Waals surface area contributed by atoms with Crippen LogP contribution in [0.2, 0.25) is 0 Å². The van der Waals surface area contributed by atoms with Crippen LogP contribution in [-0.2, 0) is 0 Å². The molecule has 0 aliphatic carbocycles. The van der Waals surface area contributed by atoms with Gasteiger partial charge >= 0.3 is 12.4 Å². The highest BCUT2D eigenvalue weighted by molar-refractivity contribution is 5.42. The van der Waals surface area contributed by atoms with Crippen molar-refractivity contribution in [3.63, 3.8) is 0 Å². The van der Waals surface area contributed by atoms with Crippen LogP contribution in [0, 0.1) is 6.92 Å². The van der Waals surface area contributed by atoms with Crippen molar-refractivity contribution in [1.82, 2.24) is 0 Å². The standard InChI is InChI=1S/C11H10F6O2/c1-7-2-3-8(18-5-10(12,13)14)9(4-7)19-6-11(15,16)17/h2-4H,5-6H2,1H3. The lowest BCUT2D eigenvalue weighted by Gasteiger charge is -2.15. The number of benzene rings is 1. The van der Waals surface area contributed by atoms with Gasteiger partial charge in [0.15, 0.2) is 24.7 Å². The summed E-state index contributed by atoms with van der Waals surface area (Å²) >= 11 is 0. The first kappa shape index (κ1) is 15.5. The van der Waals surface area contributed by atoms with E-state index < -0.39 is 25.6 Å². The highest BCUT2D eigenvalue weighted by Crippen LogP contribution is 2.31. The Balaban J connectivity index is 2.80. The number of ether oxygens (including phenoxy) is 2. The lowest BCUT2D eigenvalue weighted by molar-refractivity contribution is -0.158. The van der Waals surface area contributed by atoms with Crippen molar-refractivity contribution >= 4 is 0 Å². The van der Waals surface area contributed by atoms with Gasteiger partial charge in [0.05, 0.1) is 0 Å². The summed E-state index contributed by atoms with van der Waals surface area (Å²) < 4.78 is 80.8. The summed E-state index contributed by atoms with van der Waals surface area (Å²) in [6.45, 7) is -1.63. The molecule has 0 aliphatic heterocycles. The lowest BCUT2D eigenvalue weighted by Crippen LogP contribution is -2.21. The van der Waals surface area contributed by atoms with Crippen molar-refractivity contribution in [3.05, 3.63) is 23.8 Å². The van der Waals surface area contributed by atoms with E-state index in [-0.39, 0.29) is 11.5 Å². The molecule has 0 amide bonds. The minimum absolute atomic E-state index is 0.374. The van der Waals surface area contributed by atoms with Crippen LogP contribution in [0.1, 0.15) is 5.56 Å². The molecule has 0 unspecified atom stereocenters. The Morgan fingerprint density at radius 1 is 0.842 bits per heavy atom. The van der Waals surface area contributed by atoms with Gasteiger partial charge in [-0.2, -0.15) is 26.3 Å². The molecule has 0 aliphatic rings. The molecule has 0 fully saturated rings. The molecular formula is C11H10F6O2. The van der Waals surface area contributed by atoms with Crippen LogP contribution in [0.4, 0.5) is 26.3 Å². The van der Waals surface area contributed by atoms with Gasteiger partial charge in [0, 0.05) is 0 Å². The van der Waals surface area contributed by atoms with E-state index in [4.69, 9.17) is 0 Å². The van der Waals surface area contributed by atoms with E-state index in [0.717, 1.165) is 6.07 Å². The Hall–Kier alpha value is -1.60. The zero-order valence-corrected chi connectivity index (χ0v) is 9.73. The van der Waals surface area contributed by atoms with Gasteiger partial charge in [0.2, 0.25) is 0 Å². The molecule has 108 valence electrons. The number of hydrogen-bond acceptors (Lipinski definition) is 2. The van der Waals surface area contributed by atoms with Gasteiger partial charge < -0.3 is 9.47 Å². The van der Waals surface area contributed by atoms with E-state index in [0.29, 0.717) is 5.56 Å². The topological polar surface area (TPSA) is 18.5 Å². The summed E-state index contributed by atoms with van der Waals surface area (Å²) in [7, 11) is 0. The third-order valence-electron chi connectivity index (χ3n) is 1.88. The number of rotatable bonds is 4. The first-order valence-corrected chi connectivity index (χ1v) is 5.06. The third kappa shape index (κ3) is 6.21.